The summed E-state index contributed by atoms with van der Waals surface area (Å²) in [4.78, 5) is 0. The molecule has 0 saturated heterocycles. The minimum atomic E-state index is 0.390. The van der Waals surface area contributed by atoms with Gasteiger partial charge in [-0.1, -0.05) is 20.3 Å². The fraction of sp³-hybridized carbons (Fsp3) is 0.727. The van der Waals surface area contributed by atoms with E-state index in [9.17, 15) is 0 Å². The third-order valence-electron chi connectivity index (χ3n) is 3.55. The van der Waals surface area contributed by atoms with Crippen LogP contribution >= 0.6 is 0 Å². The van der Waals surface area contributed by atoms with Gasteiger partial charge in [0.05, 0.1) is 5.69 Å². The van der Waals surface area contributed by atoms with E-state index in [4.69, 9.17) is 5.73 Å². The van der Waals surface area contributed by atoms with Gasteiger partial charge in [0.1, 0.15) is 5.82 Å². The monoisotopic (exact) mass is 193 g/mol. The zero-order valence-electron chi connectivity index (χ0n) is 9.25. The zero-order valence-corrected chi connectivity index (χ0v) is 9.25. The molecule has 3 nitrogen and oxygen atoms in total. The Morgan fingerprint density at radius 1 is 1.57 bits per heavy atom. The Labute approximate surface area is 85.3 Å². The first-order valence-corrected chi connectivity index (χ1v) is 5.30. The summed E-state index contributed by atoms with van der Waals surface area (Å²) in [5, 5.41) is 4.48. The molecule has 78 valence electrons. The van der Waals surface area contributed by atoms with E-state index in [1.807, 2.05) is 13.1 Å². The van der Waals surface area contributed by atoms with Crippen LogP contribution in [0.4, 0.5) is 5.82 Å². The van der Waals surface area contributed by atoms with Gasteiger partial charge in [-0.25, -0.2) is 0 Å². The fourth-order valence-electron chi connectivity index (χ4n) is 2.55. The Hall–Kier alpha value is -0.990. The number of nitrogens with two attached hydrogens (primary N) is 1. The highest BCUT2D eigenvalue weighted by Crippen LogP contribution is 2.48. The van der Waals surface area contributed by atoms with Crippen LogP contribution in [0, 0.1) is 5.41 Å². The lowest BCUT2D eigenvalue weighted by atomic mass is 9.80. The average Bonchev–Trinajstić information content (AvgIpc) is 2.56. The molecule has 14 heavy (non-hydrogen) atoms. The fourth-order valence-corrected chi connectivity index (χ4v) is 2.55. The number of anilines is 1. The van der Waals surface area contributed by atoms with Crippen molar-refractivity contribution in [2.75, 3.05) is 5.73 Å². The molecule has 1 aliphatic carbocycles. The summed E-state index contributed by atoms with van der Waals surface area (Å²) in [6.45, 7) is 4.66. The van der Waals surface area contributed by atoms with Crippen LogP contribution in [0.5, 0.6) is 0 Å². The molecule has 1 aliphatic rings. The van der Waals surface area contributed by atoms with Gasteiger partial charge in [-0.2, -0.15) is 5.10 Å². The molecular formula is C11H19N3. The Morgan fingerprint density at radius 2 is 2.29 bits per heavy atom. The summed E-state index contributed by atoms with van der Waals surface area (Å²) in [7, 11) is 1.90. The predicted octanol–water partition coefficient (Wildman–Crippen LogP) is 2.30. The van der Waals surface area contributed by atoms with Crippen LogP contribution in [-0.4, -0.2) is 9.78 Å². The third-order valence-corrected chi connectivity index (χ3v) is 3.55. The van der Waals surface area contributed by atoms with Gasteiger partial charge in [-0.15, -0.1) is 0 Å². The molecular weight excluding hydrogens is 174 g/mol. The van der Waals surface area contributed by atoms with E-state index in [-0.39, 0.29) is 0 Å². The van der Waals surface area contributed by atoms with E-state index in [1.54, 1.807) is 4.68 Å². The zero-order chi connectivity index (χ0) is 10.3. The molecule has 0 aliphatic heterocycles. The molecule has 1 saturated carbocycles. The van der Waals surface area contributed by atoms with Crippen molar-refractivity contribution in [3.63, 3.8) is 0 Å². The van der Waals surface area contributed by atoms with E-state index in [1.165, 1.54) is 25.0 Å². The highest BCUT2D eigenvalue weighted by Gasteiger charge is 2.36. The average molecular weight is 193 g/mol. The third kappa shape index (κ3) is 1.41. The largest absolute Gasteiger partial charge is 0.384 e. The molecule has 0 spiro atoms. The second kappa shape index (κ2) is 3.01. The van der Waals surface area contributed by atoms with Gasteiger partial charge in [0.15, 0.2) is 0 Å². The summed E-state index contributed by atoms with van der Waals surface area (Å²) in [6.07, 6.45) is 3.87. The molecule has 0 radical (unpaired) electrons. The number of aryl methyl sites for hydroxylation is 1. The van der Waals surface area contributed by atoms with Gasteiger partial charge in [0.25, 0.3) is 0 Å². The van der Waals surface area contributed by atoms with Gasteiger partial charge < -0.3 is 5.73 Å². The number of hydrogen-bond acceptors (Lipinski definition) is 2. The number of nitrogen functional groups attached to an aromatic ring is 1. The molecule has 1 atom stereocenters. The lowest BCUT2D eigenvalue weighted by molar-refractivity contribution is 0.326. The van der Waals surface area contributed by atoms with Crippen LogP contribution in [0.3, 0.4) is 0 Å². The van der Waals surface area contributed by atoms with Gasteiger partial charge >= 0.3 is 0 Å². The Morgan fingerprint density at radius 3 is 2.71 bits per heavy atom. The minimum Gasteiger partial charge on any atom is -0.384 e. The number of aromatic nitrogens is 2. The number of hydrogen-bond donors (Lipinski definition) is 1. The maximum absolute atomic E-state index is 5.80. The summed E-state index contributed by atoms with van der Waals surface area (Å²) in [5.74, 6) is 1.36. The summed E-state index contributed by atoms with van der Waals surface area (Å²) in [5.41, 5.74) is 7.36. The van der Waals surface area contributed by atoms with E-state index < -0.39 is 0 Å². The number of nitrogens with zero attached hydrogens (tertiary/aromatic N) is 2. The van der Waals surface area contributed by atoms with Gasteiger partial charge in [0.2, 0.25) is 0 Å². The second-order valence-corrected chi connectivity index (χ2v) is 5.05. The van der Waals surface area contributed by atoms with Crippen molar-refractivity contribution in [2.45, 2.75) is 39.0 Å². The van der Waals surface area contributed by atoms with E-state index >= 15 is 0 Å². The molecule has 1 heterocycles. The van der Waals surface area contributed by atoms with Crippen molar-refractivity contribution in [3.05, 3.63) is 11.8 Å². The lowest BCUT2D eigenvalue weighted by Gasteiger charge is -2.25. The minimum absolute atomic E-state index is 0.390. The van der Waals surface area contributed by atoms with Crippen LogP contribution in [-0.2, 0) is 7.05 Å². The summed E-state index contributed by atoms with van der Waals surface area (Å²) >= 11 is 0. The lowest BCUT2D eigenvalue weighted by Crippen LogP contribution is -2.16. The maximum atomic E-state index is 5.80. The Bertz CT molecular complexity index is 319. The number of rotatable bonds is 1. The molecule has 1 aromatic heterocycles. The van der Waals surface area contributed by atoms with Crippen LogP contribution in [0.1, 0.15) is 44.7 Å². The SMILES string of the molecule is Cn1nc(C2CCCC2(C)C)cc1N. The highest BCUT2D eigenvalue weighted by atomic mass is 15.3. The van der Waals surface area contributed by atoms with Crippen LogP contribution in [0.25, 0.3) is 0 Å². The van der Waals surface area contributed by atoms with Crippen molar-refractivity contribution < 1.29 is 0 Å². The molecule has 1 aromatic rings. The summed E-state index contributed by atoms with van der Waals surface area (Å²) in [6, 6.07) is 2.03. The second-order valence-electron chi connectivity index (χ2n) is 5.05. The first-order valence-electron chi connectivity index (χ1n) is 5.30. The molecule has 1 fully saturated rings. The van der Waals surface area contributed by atoms with Crippen molar-refractivity contribution in [3.8, 4) is 0 Å². The molecule has 2 rings (SSSR count). The standard InChI is InChI=1S/C11H19N3/c1-11(2)6-4-5-8(11)9-7-10(12)14(3)13-9/h7-8H,4-6,12H2,1-3H3. The smallest absolute Gasteiger partial charge is 0.121 e. The first-order chi connectivity index (χ1) is 6.50. The summed E-state index contributed by atoms with van der Waals surface area (Å²) < 4.78 is 1.77. The van der Waals surface area contributed by atoms with Crippen LogP contribution < -0.4 is 5.73 Å². The normalized spacial score (nSPS) is 25.5. The topological polar surface area (TPSA) is 43.8 Å². The molecule has 1 unspecified atom stereocenters. The van der Waals surface area contributed by atoms with E-state index in [0.29, 0.717) is 11.3 Å². The van der Waals surface area contributed by atoms with Crippen molar-refractivity contribution in [2.24, 2.45) is 12.5 Å². The van der Waals surface area contributed by atoms with Gasteiger partial charge in [-0.3, -0.25) is 4.68 Å². The molecule has 2 N–H and O–H groups in total. The Balaban J connectivity index is 2.31. The van der Waals surface area contributed by atoms with E-state index in [2.05, 4.69) is 18.9 Å². The van der Waals surface area contributed by atoms with Crippen LogP contribution in [0.2, 0.25) is 0 Å². The van der Waals surface area contributed by atoms with Crippen molar-refractivity contribution >= 4 is 5.82 Å². The Kier molecular flexibility index (Phi) is 2.05. The van der Waals surface area contributed by atoms with Gasteiger partial charge in [0, 0.05) is 19.0 Å². The maximum Gasteiger partial charge on any atom is 0.121 e. The highest BCUT2D eigenvalue weighted by molar-refractivity contribution is 5.33. The first kappa shape index (κ1) is 9.56. The molecule has 0 amide bonds. The van der Waals surface area contributed by atoms with Gasteiger partial charge in [-0.05, 0) is 18.3 Å². The molecule has 0 bridgehead atoms. The van der Waals surface area contributed by atoms with Crippen molar-refractivity contribution in [1.82, 2.24) is 9.78 Å². The molecule has 3 heteroatoms. The van der Waals surface area contributed by atoms with E-state index in [0.717, 1.165) is 5.82 Å². The van der Waals surface area contributed by atoms with Crippen LogP contribution in [0.15, 0.2) is 6.07 Å². The predicted molar refractivity (Wildman–Crippen MR) is 58.0 cm³/mol. The quantitative estimate of drug-likeness (QED) is 0.743. The molecule has 0 aromatic carbocycles. The van der Waals surface area contributed by atoms with Crippen molar-refractivity contribution in [1.29, 1.82) is 0 Å².